The number of hydrogen-bond donors (Lipinski definition) is 2. The molecule has 2 aliphatic rings. The molecule has 0 aromatic heterocycles. The SMILES string of the molecule is CCCCOc1c(Cl)cc(C(=O)NC2CC3CCC(C2)N3)cc1OCC. The number of piperidine rings is 1. The van der Waals surface area contributed by atoms with E-state index in [1.54, 1.807) is 12.1 Å². The Labute approximate surface area is 160 Å². The van der Waals surface area contributed by atoms with Crippen LogP contribution in [0.5, 0.6) is 11.5 Å². The van der Waals surface area contributed by atoms with Gasteiger partial charge < -0.3 is 20.1 Å². The van der Waals surface area contributed by atoms with E-state index >= 15 is 0 Å². The van der Waals surface area contributed by atoms with Gasteiger partial charge in [0, 0.05) is 23.7 Å². The number of unbranched alkanes of at least 4 members (excludes halogenated alkanes) is 1. The zero-order chi connectivity index (χ0) is 18.5. The van der Waals surface area contributed by atoms with Crippen LogP contribution in [0.15, 0.2) is 12.1 Å². The van der Waals surface area contributed by atoms with Crippen molar-refractivity contribution in [2.24, 2.45) is 0 Å². The second-order valence-electron chi connectivity index (χ2n) is 7.20. The lowest BCUT2D eigenvalue weighted by Crippen LogP contribution is -2.48. The summed E-state index contributed by atoms with van der Waals surface area (Å²) in [5.74, 6) is 0.962. The molecule has 0 aliphatic carbocycles. The maximum atomic E-state index is 12.7. The van der Waals surface area contributed by atoms with Crippen molar-refractivity contribution in [1.82, 2.24) is 10.6 Å². The summed E-state index contributed by atoms with van der Waals surface area (Å²) in [6.45, 7) is 5.08. The second kappa shape index (κ2) is 8.96. The van der Waals surface area contributed by atoms with Gasteiger partial charge in [0.05, 0.1) is 18.2 Å². The van der Waals surface area contributed by atoms with Crippen LogP contribution in [-0.2, 0) is 0 Å². The average Bonchev–Trinajstić information content (AvgIpc) is 2.95. The predicted octanol–water partition coefficient (Wildman–Crippen LogP) is 3.93. The third-order valence-corrected chi connectivity index (χ3v) is 5.40. The lowest BCUT2D eigenvalue weighted by Gasteiger charge is -2.29. The lowest BCUT2D eigenvalue weighted by molar-refractivity contribution is 0.0923. The van der Waals surface area contributed by atoms with Gasteiger partial charge in [-0.15, -0.1) is 0 Å². The summed E-state index contributed by atoms with van der Waals surface area (Å²) < 4.78 is 11.5. The first-order valence-corrected chi connectivity index (χ1v) is 10.1. The number of carbonyl (C=O) groups excluding carboxylic acids is 1. The van der Waals surface area contributed by atoms with Crippen LogP contribution >= 0.6 is 11.6 Å². The number of halogens is 1. The molecule has 2 bridgehead atoms. The average molecular weight is 381 g/mol. The van der Waals surface area contributed by atoms with E-state index in [4.69, 9.17) is 21.1 Å². The summed E-state index contributed by atoms with van der Waals surface area (Å²) >= 11 is 6.40. The molecule has 1 aromatic rings. The fourth-order valence-electron chi connectivity index (χ4n) is 3.86. The molecule has 5 nitrogen and oxygen atoms in total. The normalized spacial score (nSPS) is 24.3. The first-order valence-electron chi connectivity index (χ1n) is 9.76. The van der Waals surface area contributed by atoms with E-state index in [9.17, 15) is 4.79 Å². The minimum atomic E-state index is -0.0979. The van der Waals surface area contributed by atoms with E-state index < -0.39 is 0 Å². The number of benzene rings is 1. The molecule has 0 radical (unpaired) electrons. The molecule has 1 aromatic carbocycles. The van der Waals surface area contributed by atoms with Crippen molar-refractivity contribution in [3.63, 3.8) is 0 Å². The Morgan fingerprint density at radius 1 is 1.23 bits per heavy atom. The van der Waals surface area contributed by atoms with Gasteiger partial charge in [-0.25, -0.2) is 0 Å². The summed E-state index contributed by atoms with van der Waals surface area (Å²) in [6.07, 6.45) is 6.39. The zero-order valence-corrected chi connectivity index (χ0v) is 16.4. The summed E-state index contributed by atoms with van der Waals surface area (Å²) in [5, 5.41) is 7.18. The van der Waals surface area contributed by atoms with Crippen molar-refractivity contribution in [2.75, 3.05) is 13.2 Å². The van der Waals surface area contributed by atoms with E-state index in [1.807, 2.05) is 6.92 Å². The van der Waals surface area contributed by atoms with Gasteiger partial charge in [0.15, 0.2) is 11.5 Å². The molecular weight excluding hydrogens is 352 g/mol. The van der Waals surface area contributed by atoms with Crippen molar-refractivity contribution in [2.45, 2.75) is 70.5 Å². The van der Waals surface area contributed by atoms with Crippen LogP contribution in [0.4, 0.5) is 0 Å². The number of nitrogens with one attached hydrogen (secondary N) is 2. The monoisotopic (exact) mass is 380 g/mol. The van der Waals surface area contributed by atoms with Crippen molar-refractivity contribution >= 4 is 17.5 Å². The van der Waals surface area contributed by atoms with E-state index in [0.717, 1.165) is 25.7 Å². The van der Waals surface area contributed by atoms with Gasteiger partial charge in [0.2, 0.25) is 0 Å². The smallest absolute Gasteiger partial charge is 0.251 e. The molecule has 26 heavy (non-hydrogen) atoms. The minimum Gasteiger partial charge on any atom is -0.490 e. The maximum absolute atomic E-state index is 12.7. The molecule has 0 spiro atoms. The van der Waals surface area contributed by atoms with E-state index in [1.165, 1.54) is 12.8 Å². The summed E-state index contributed by atoms with van der Waals surface area (Å²) in [6, 6.07) is 4.71. The number of carbonyl (C=O) groups is 1. The quantitative estimate of drug-likeness (QED) is 0.671. The summed E-state index contributed by atoms with van der Waals surface area (Å²) in [7, 11) is 0. The van der Waals surface area contributed by atoms with E-state index in [0.29, 0.717) is 47.4 Å². The molecule has 2 aliphatic heterocycles. The van der Waals surface area contributed by atoms with Crippen molar-refractivity contribution in [1.29, 1.82) is 0 Å². The van der Waals surface area contributed by atoms with Crippen molar-refractivity contribution < 1.29 is 14.3 Å². The van der Waals surface area contributed by atoms with Crippen molar-refractivity contribution in [3.05, 3.63) is 22.7 Å². The number of fused-ring (bicyclic) bond motifs is 2. The van der Waals surface area contributed by atoms with Gasteiger partial charge in [0.1, 0.15) is 0 Å². The maximum Gasteiger partial charge on any atom is 0.251 e. The zero-order valence-electron chi connectivity index (χ0n) is 15.6. The van der Waals surface area contributed by atoms with Gasteiger partial charge >= 0.3 is 0 Å². The molecule has 6 heteroatoms. The summed E-state index contributed by atoms with van der Waals surface area (Å²) in [5.41, 5.74) is 0.521. The minimum absolute atomic E-state index is 0.0979. The van der Waals surface area contributed by atoms with Crippen LogP contribution in [0.25, 0.3) is 0 Å². The highest BCUT2D eigenvalue weighted by Gasteiger charge is 2.34. The van der Waals surface area contributed by atoms with Gasteiger partial charge in [-0.05, 0) is 51.2 Å². The van der Waals surface area contributed by atoms with Crippen LogP contribution in [-0.4, -0.2) is 37.2 Å². The highest BCUT2D eigenvalue weighted by molar-refractivity contribution is 6.32. The third-order valence-electron chi connectivity index (χ3n) is 5.12. The Balaban J connectivity index is 1.70. The predicted molar refractivity (Wildman–Crippen MR) is 103 cm³/mol. The second-order valence-corrected chi connectivity index (χ2v) is 7.61. The number of amides is 1. The van der Waals surface area contributed by atoms with Crippen LogP contribution in [0.2, 0.25) is 5.02 Å². The fraction of sp³-hybridized carbons (Fsp3) is 0.650. The molecular formula is C20H29ClN2O3. The Hall–Kier alpha value is -1.46. The first-order chi connectivity index (χ1) is 12.6. The van der Waals surface area contributed by atoms with Crippen LogP contribution < -0.4 is 20.1 Å². The van der Waals surface area contributed by atoms with Crippen LogP contribution in [0, 0.1) is 0 Å². The van der Waals surface area contributed by atoms with Crippen LogP contribution in [0.1, 0.15) is 62.7 Å². The third kappa shape index (κ3) is 4.63. The number of hydrogen-bond acceptors (Lipinski definition) is 4. The van der Waals surface area contributed by atoms with Gasteiger partial charge in [-0.1, -0.05) is 24.9 Å². The standard InChI is InChI=1S/C20H29ClN2O3/c1-3-5-8-26-19-17(21)9-13(10-18(19)25-4-2)20(24)23-16-11-14-6-7-15(12-16)22-14/h9-10,14-16,22H,3-8,11-12H2,1-2H3,(H,23,24). The van der Waals surface area contributed by atoms with Gasteiger partial charge in [0.25, 0.3) is 5.91 Å². The fourth-order valence-corrected chi connectivity index (χ4v) is 4.13. The Kier molecular flexibility index (Phi) is 6.65. The lowest BCUT2D eigenvalue weighted by atomic mass is 9.99. The Morgan fingerprint density at radius 2 is 1.96 bits per heavy atom. The van der Waals surface area contributed by atoms with E-state index in [-0.39, 0.29) is 11.9 Å². The molecule has 2 fully saturated rings. The molecule has 3 rings (SSSR count). The molecule has 2 unspecified atom stereocenters. The van der Waals surface area contributed by atoms with Crippen molar-refractivity contribution in [3.8, 4) is 11.5 Å². The number of rotatable bonds is 8. The molecule has 2 atom stereocenters. The van der Waals surface area contributed by atoms with Gasteiger partial charge in [-0.3, -0.25) is 4.79 Å². The molecule has 2 saturated heterocycles. The molecule has 1 amide bonds. The topological polar surface area (TPSA) is 59.6 Å². The first kappa shape index (κ1) is 19.3. The Bertz CT molecular complexity index is 626. The largest absolute Gasteiger partial charge is 0.490 e. The molecule has 2 N–H and O–H groups in total. The Morgan fingerprint density at radius 3 is 2.62 bits per heavy atom. The summed E-state index contributed by atoms with van der Waals surface area (Å²) in [4.78, 5) is 12.7. The highest BCUT2D eigenvalue weighted by atomic mass is 35.5. The van der Waals surface area contributed by atoms with E-state index in [2.05, 4.69) is 17.6 Å². The number of ether oxygens (including phenoxy) is 2. The van der Waals surface area contributed by atoms with Gasteiger partial charge in [-0.2, -0.15) is 0 Å². The molecule has 0 saturated carbocycles. The van der Waals surface area contributed by atoms with Crippen LogP contribution in [0.3, 0.4) is 0 Å². The molecule has 144 valence electrons. The highest BCUT2D eigenvalue weighted by Crippen LogP contribution is 2.37. The molecule has 2 heterocycles.